The van der Waals surface area contributed by atoms with Crippen LogP contribution in [0.4, 0.5) is 0 Å². The Hall–Kier alpha value is -0.370. The molecule has 0 aromatic heterocycles. The van der Waals surface area contributed by atoms with E-state index in [-0.39, 0.29) is 36.2 Å². The summed E-state index contributed by atoms with van der Waals surface area (Å²) >= 11 is 0. The highest BCUT2D eigenvalue weighted by atomic mass is 35.5. The van der Waals surface area contributed by atoms with Gasteiger partial charge in [0.15, 0.2) is 0 Å². The van der Waals surface area contributed by atoms with Gasteiger partial charge in [-0.05, 0) is 38.6 Å². The van der Waals surface area contributed by atoms with Gasteiger partial charge in [0.05, 0.1) is 11.8 Å². The van der Waals surface area contributed by atoms with E-state index in [1.165, 1.54) is 0 Å². The van der Waals surface area contributed by atoms with Crippen molar-refractivity contribution in [2.45, 2.75) is 57.5 Å². The SMILES string of the molecule is CCCS(=O)(=O)N1CCC(NC(=O)C2CCCCN2)CC1.Cl. The van der Waals surface area contributed by atoms with Gasteiger partial charge in [-0.25, -0.2) is 12.7 Å². The van der Waals surface area contributed by atoms with Gasteiger partial charge in [0.25, 0.3) is 0 Å². The van der Waals surface area contributed by atoms with Crippen LogP contribution < -0.4 is 10.6 Å². The van der Waals surface area contributed by atoms with E-state index in [0.717, 1.165) is 25.8 Å². The Kier molecular flexibility index (Phi) is 8.10. The molecular formula is C14H28ClN3O3S. The summed E-state index contributed by atoms with van der Waals surface area (Å²) in [5, 5.41) is 6.31. The number of nitrogens with zero attached hydrogens (tertiary/aromatic N) is 1. The molecule has 8 heteroatoms. The van der Waals surface area contributed by atoms with Crippen LogP contribution in [0.2, 0.25) is 0 Å². The van der Waals surface area contributed by atoms with Crippen LogP contribution in [0.25, 0.3) is 0 Å². The van der Waals surface area contributed by atoms with E-state index in [2.05, 4.69) is 10.6 Å². The first-order valence-electron chi connectivity index (χ1n) is 8.04. The van der Waals surface area contributed by atoms with Crippen LogP contribution in [0.3, 0.4) is 0 Å². The summed E-state index contributed by atoms with van der Waals surface area (Å²) in [6, 6.07) is 0.0370. The highest BCUT2D eigenvalue weighted by molar-refractivity contribution is 7.89. The zero-order valence-corrected chi connectivity index (χ0v) is 14.8. The van der Waals surface area contributed by atoms with Gasteiger partial charge in [-0.3, -0.25) is 4.79 Å². The summed E-state index contributed by atoms with van der Waals surface area (Å²) in [6.07, 6.45) is 5.20. The van der Waals surface area contributed by atoms with Crippen LogP contribution >= 0.6 is 12.4 Å². The fourth-order valence-corrected chi connectivity index (χ4v) is 4.58. The fourth-order valence-electron chi connectivity index (χ4n) is 3.04. The van der Waals surface area contributed by atoms with Crippen molar-refractivity contribution in [3.63, 3.8) is 0 Å². The second-order valence-electron chi connectivity index (χ2n) is 6.00. The average Bonchev–Trinajstić information content (AvgIpc) is 2.48. The first-order chi connectivity index (χ1) is 10.0. The van der Waals surface area contributed by atoms with Crippen molar-refractivity contribution in [2.24, 2.45) is 0 Å². The molecule has 2 saturated heterocycles. The first-order valence-corrected chi connectivity index (χ1v) is 9.65. The number of carbonyl (C=O) groups is 1. The molecule has 130 valence electrons. The van der Waals surface area contributed by atoms with Crippen LogP contribution in [-0.4, -0.2) is 56.1 Å². The third-order valence-electron chi connectivity index (χ3n) is 4.28. The van der Waals surface area contributed by atoms with Gasteiger partial charge in [0, 0.05) is 19.1 Å². The summed E-state index contributed by atoms with van der Waals surface area (Å²) in [5.41, 5.74) is 0. The molecule has 0 aromatic carbocycles. The molecule has 1 atom stereocenters. The Balaban J connectivity index is 0.00000242. The maximum atomic E-state index is 12.1. The van der Waals surface area contributed by atoms with E-state index in [1.54, 1.807) is 4.31 Å². The average molecular weight is 354 g/mol. The van der Waals surface area contributed by atoms with Gasteiger partial charge in [-0.1, -0.05) is 13.3 Å². The molecular weight excluding hydrogens is 326 g/mol. The number of hydrogen-bond donors (Lipinski definition) is 2. The quantitative estimate of drug-likeness (QED) is 0.768. The minimum absolute atomic E-state index is 0. The van der Waals surface area contributed by atoms with Crippen molar-refractivity contribution in [3.8, 4) is 0 Å². The van der Waals surface area contributed by atoms with Gasteiger partial charge < -0.3 is 10.6 Å². The molecule has 2 heterocycles. The van der Waals surface area contributed by atoms with Gasteiger partial charge in [0.2, 0.25) is 15.9 Å². The zero-order valence-electron chi connectivity index (χ0n) is 13.2. The molecule has 2 N–H and O–H groups in total. The Labute approximate surface area is 139 Å². The van der Waals surface area contributed by atoms with Crippen molar-refractivity contribution in [1.29, 1.82) is 0 Å². The number of carbonyl (C=O) groups excluding carboxylic acids is 1. The van der Waals surface area contributed by atoms with Gasteiger partial charge in [-0.15, -0.1) is 12.4 Å². The summed E-state index contributed by atoms with van der Waals surface area (Å²) in [6.45, 7) is 3.82. The molecule has 2 rings (SSSR count). The highest BCUT2D eigenvalue weighted by Gasteiger charge is 2.29. The number of rotatable bonds is 5. The second-order valence-corrected chi connectivity index (χ2v) is 8.09. The standard InChI is InChI=1S/C14H27N3O3S.ClH/c1-2-11-21(19,20)17-9-6-12(7-10-17)16-14(18)13-5-3-4-8-15-13;/h12-13,15H,2-11H2,1H3,(H,16,18);1H. The maximum Gasteiger partial charge on any atom is 0.237 e. The maximum absolute atomic E-state index is 12.1. The normalized spacial score (nSPS) is 24.5. The molecule has 0 saturated carbocycles. The van der Waals surface area contributed by atoms with Crippen molar-refractivity contribution in [3.05, 3.63) is 0 Å². The molecule has 22 heavy (non-hydrogen) atoms. The van der Waals surface area contributed by atoms with Gasteiger partial charge >= 0.3 is 0 Å². The molecule has 0 aliphatic carbocycles. The predicted octanol–water partition coefficient (Wildman–Crippen LogP) is 0.871. The number of amides is 1. The number of halogens is 1. The van der Waals surface area contributed by atoms with E-state index < -0.39 is 10.0 Å². The molecule has 2 fully saturated rings. The molecule has 0 spiro atoms. The van der Waals surface area contributed by atoms with Crippen LogP contribution in [-0.2, 0) is 14.8 Å². The minimum Gasteiger partial charge on any atom is -0.352 e. The van der Waals surface area contributed by atoms with E-state index >= 15 is 0 Å². The van der Waals surface area contributed by atoms with E-state index in [4.69, 9.17) is 0 Å². The van der Waals surface area contributed by atoms with Crippen molar-refractivity contribution in [2.75, 3.05) is 25.4 Å². The molecule has 6 nitrogen and oxygen atoms in total. The Morgan fingerprint density at radius 2 is 1.91 bits per heavy atom. The Morgan fingerprint density at radius 1 is 1.23 bits per heavy atom. The second kappa shape index (κ2) is 9.05. The fraction of sp³-hybridized carbons (Fsp3) is 0.929. The van der Waals surface area contributed by atoms with E-state index in [0.29, 0.717) is 32.4 Å². The monoisotopic (exact) mass is 353 g/mol. The summed E-state index contributed by atoms with van der Waals surface area (Å²) < 4.78 is 25.5. The number of piperidine rings is 2. The lowest BCUT2D eigenvalue weighted by molar-refractivity contribution is -0.124. The van der Waals surface area contributed by atoms with Gasteiger partial charge in [-0.2, -0.15) is 0 Å². The number of sulfonamides is 1. The van der Waals surface area contributed by atoms with Crippen LogP contribution in [0.15, 0.2) is 0 Å². The zero-order chi connectivity index (χ0) is 15.3. The summed E-state index contributed by atoms with van der Waals surface area (Å²) in [5.74, 6) is 0.292. The smallest absolute Gasteiger partial charge is 0.237 e. The lowest BCUT2D eigenvalue weighted by Crippen LogP contribution is -2.52. The molecule has 0 aromatic rings. The van der Waals surface area contributed by atoms with Crippen LogP contribution in [0.1, 0.15) is 45.4 Å². The third kappa shape index (κ3) is 5.37. The molecule has 0 bridgehead atoms. The number of nitrogens with one attached hydrogen (secondary N) is 2. The summed E-state index contributed by atoms with van der Waals surface area (Å²) in [4.78, 5) is 12.1. The van der Waals surface area contributed by atoms with E-state index in [9.17, 15) is 13.2 Å². The van der Waals surface area contributed by atoms with Crippen LogP contribution in [0, 0.1) is 0 Å². The van der Waals surface area contributed by atoms with Crippen molar-refractivity contribution < 1.29 is 13.2 Å². The molecule has 0 radical (unpaired) electrons. The molecule has 1 amide bonds. The molecule has 1 unspecified atom stereocenters. The van der Waals surface area contributed by atoms with Crippen LogP contribution in [0.5, 0.6) is 0 Å². The van der Waals surface area contributed by atoms with Gasteiger partial charge in [0.1, 0.15) is 0 Å². The predicted molar refractivity (Wildman–Crippen MR) is 89.7 cm³/mol. The first kappa shape index (κ1) is 19.7. The van der Waals surface area contributed by atoms with Crippen molar-refractivity contribution in [1.82, 2.24) is 14.9 Å². The lowest BCUT2D eigenvalue weighted by atomic mass is 10.0. The molecule has 2 aliphatic heterocycles. The Morgan fingerprint density at radius 3 is 2.45 bits per heavy atom. The third-order valence-corrected chi connectivity index (χ3v) is 6.36. The lowest BCUT2D eigenvalue weighted by Gasteiger charge is -2.33. The summed E-state index contributed by atoms with van der Waals surface area (Å²) in [7, 11) is -3.10. The minimum atomic E-state index is -3.10. The highest BCUT2D eigenvalue weighted by Crippen LogP contribution is 2.16. The molecule has 2 aliphatic rings. The number of hydrogen-bond acceptors (Lipinski definition) is 4. The van der Waals surface area contributed by atoms with E-state index in [1.807, 2.05) is 6.92 Å². The largest absolute Gasteiger partial charge is 0.352 e. The topological polar surface area (TPSA) is 78.5 Å². The van der Waals surface area contributed by atoms with Crippen molar-refractivity contribution >= 4 is 28.3 Å². The Bertz CT molecular complexity index is 444.